The molecule has 1 aromatic heterocycles. The molecular weight excluding hydrogens is 200 g/mol. The van der Waals surface area contributed by atoms with Crippen LogP contribution in [0.5, 0.6) is 0 Å². The van der Waals surface area contributed by atoms with Crippen molar-refractivity contribution in [2.75, 3.05) is 5.32 Å². The molecule has 0 bridgehead atoms. The summed E-state index contributed by atoms with van der Waals surface area (Å²) in [6, 6.07) is 2.36. The molecule has 84 valence electrons. The van der Waals surface area contributed by atoms with Gasteiger partial charge in [0.15, 0.2) is 5.69 Å². The van der Waals surface area contributed by atoms with E-state index in [0.29, 0.717) is 11.7 Å². The maximum absolute atomic E-state index is 8.62. The van der Waals surface area contributed by atoms with Gasteiger partial charge in [-0.25, -0.2) is 9.97 Å². The Kier molecular flexibility index (Phi) is 2.16. The van der Waals surface area contributed by atoms with E-state index in [1.807, 2.05) is 6.07 Å². The predicted molar refractivity (Wildman–Crippen MR) is 61.7 cm³/mol. The van der Waals surface area contributed by atoms with Crippen LogP contribution in [0.3, 0.4) is 0 Å². The lowest BCUT2D eigenvalue weighted by atomic mass is 10.0. The molecule has 0 spiro atoms. The molecule has 1 heterocycles. The molecule has 0 atom stereocenters. The first kappa shape index (κ1) is 10.9. The molecule has 1 saturated carbocycles. The molecule has 0 aliphatic heterocycles. The fourth-order valence-corrected chi connectivity index (χ4v) is 2.17. The van der Waals surface area contributed by atoms with E-state index in [4.69, 9.17) is 5.26 Å². The Morgan fingerprint density at radius 2 is 1.81 bits per heavy atom. The van der Waals surface area contributed by atoms with Gasteiger partial charge in [0.1, 0.15) is 11.9 Å². The first-order valence-electron chi connectivity index (χ1n) is 5.38. The topological polar surface area (TPSA) is 61.6 Å². The monoisotopic (exact) mass is 216 g/mol. The molecule has 0 unspecified atom stereocenters. The van der Waals surface area contributed by atoms with Crippen molar-refractivity contribution in [2.45, 2.75) is 33.7 Å². The summed E-state index contributed by atoms with van der Waals surface area (Å²) in [5, 5.41) is 12.0. The molecular formula is C12H16N4. The van der Waals surface area contributed by atoms with Gasteiger partial charge in [-0.05, 0) is 10.8 Å². The second-order valence-corrected chi connectivity index (χ2v) is 5.42. The summed E-state index contributed by atoms with van der Waals surface area (Å²) < 4.78 is 0. The highest BCUT2D eigenvalue weighted by atomic mass is 15.1. The highest BCUT2D eigenvalue weighted by Crippen LogP contribution is 2.63. The molecule has 2 rings (SSSR count). The van der Waals surface area contributed by atoms with Gasteiger partial charge >= 0.3 is 0 Å². The molecule has 1 aliphatic carbocycles. The van der Waals surface area contributed by atoms with Crippen molar-refractivity contribution in [1.29, 1.82) is 5.26 Å². The number of hydrogen-bond donors (Lipinski definition) is 1. The molecule has 16 heavy (non-hydrogen) atoms. The average molecular weight is 216 g/mol. The third-order valence-corrected chi connectivity index (χ3v) is 4.08. The SMILES string of the molecule is CC1(C)C(Nc2cnc(C#N)cn2)C1(C)C. The van der Waals surface area contributed by atoms with Crippen molar-refractivity contribution >= 4 is 5.82 Å². The van der Waals surface area contributed by atoms with E-state index in [2.05, 4.69) is 43.0 Å². The normalized spacial score (nSPS) is 21.2. The largest absolute Gasteiger partial charge is 0.365 e. The van der Waals surface area contributed by atoms with E-state index in [-0.39, 0.29) is 10.8 Å². The van der Waals surface area contributed by atoms with Crippen molar-refractivity contribution < 1.29 is 0 Å². The van der Waals surface area contributed by atoms with E-state index in [0.717, 1.165) is 5.82 Å². The number of nitrogens with one attached hydrogen (secondary N) is 1. The Bertz CT molecular complexity index is 425. The second kappa shape index (κ2) is 3.18. The van der Waals surface area contributed by atoms with Crippen LogP contribution in [0.25, 0.3) is 0 Å². The zero-order valence-electron chi connectivity index (χ0n) is 10.1. The van der Waals surface area contributed by atoms with Crippen LogP contribution in [0.2, 0.25) is 0 Å². The van der Waals surface area contributed by atoms with E-state index < -0.39 is 0 Å². The molecule has 0 radical (unpaired) electrons. The van der Waals surface area contributed by atoms with Crippen LogP contribution >= 0.6 is 0 Å². The molecule has 4 nitrogen and oxygen atoms in total. The Labute approximate surface area is 95.7 Å². The summed E-state index contributed by atoms with van der Waals surface area (Å²) in [5.41, 5.74) is 0.880. The molecule has 4 heteroatoms. The van der Waals surface area contributed by atoms with Crippen LogP contribution < -0.4 is 5.32 Å². The molecule has 1 N–H and O–H groups in total. The third kappa shape index (κ3) is 1.44. The van der Waals surface area contributed by atoms with Crippen LogP contribution in [0.4, 0.5) is 5.82 Å². The van der Waals surface area contributed by atoms with Gasteiger partial charge in [-0.3, -0.25) is 0 Å². The van der Waals surface area contributed by atoms with Crippen LogP contribution in [0.15, 0.2) is 12.4 Å². The second-order valence-electron chi connectivity index (χ2n) is 5.42. The summed E-state index contributed by atoms with van der Waals surface area (Å²) in [6.07, 6.45) is 3.10. The third-order valence-electron chi connectivity index (χ3n) is 4.08. The maximum atomic E-state index is 8.62. The predicted octanol–water partition coefficient (Wildman–Crippen LogP) is 2.19. The Morgan fingerprint density at radius 3 is 2.19 bits per heavy atom. The summed E-state index contributed by atoms with van der Waals surface area (Å²) in [4.78, 5) is 8.15. The fraction of sp³-hybridized carbons (Fsp3) is 0.583. The molecule has 1 aliphatic rings. The fourth-order valence-electron chi connectivity index (χ4n) is 2.17. The molecule has 1 aromatic rings. The van der Waals surface area contributed by atoms with Crippen molar-refractivity contribution in [3.63, 3.8) is 0 Å². The van der Waals surface area contributed by atoms with Gasteiger partial charge in [-0.15, -0.1) is 0 Å². The molecule has 1 fully saturated rings. The summed E-state index contributed by atoms with van der Waals surface area (Å²) in [6.45, 7) is 8.95. The van der Waals surface area contributed by atoms with Gasteiger partial charge in [0, 0.05) is 6.04 Å². The van der Waals surface area contributed by atoms with Gasteiger partial charge in [-0.1, -0.05) is 27.7 Å². The lowest BCUT2D eigenvalue weighted by Crippen LogP contribution is -2.11. The summed E-state index contributed by atoms with van der Waals surface area (Å²) in [7, 11) is 0. The van der Waals surface area contributed by atoms with Gasteiger partial charge in [0.05, 0.1) is 12.4 Å². The molecule has 0 saturated heterocycles. The van der Waals surface area contributed by atoms with Gasteiger partial charge < -0.3 is 5.32 Å². The first-order chi connectivity index (χ1) is 7.39. The van der Waals surface area contributed by atoms with Gasteiger partial charge in [0.2, 0.25) is 0 Å². The minimum Gasteiger partial charge on any atom is -0.365 e. The van der Waals surface area contributed by atoms with E-state index >= 15 is 0 Å². The average Bonchev–Trinajstić information content (AvgIpc) is 2.62. The highest BCUT2D eigenvalue weighted by molar-refractivity contribution is 5.40. The number of hydrogen-bond acceptors (Lipinski definition) is 4. The van der Waals surface area contributed by atoms with Crippen molar-refractivity contribution in [1.82, 2.24) is 9.97 Å². The Hall–Kier alpha value is -1.63. The number of aromatic nitrogens is 2. The minimum absolute atomic E-state index is 0.266. The standard InChI is InChI=1S/C12H16N4/c1-11(2)10(12(11,3)4)16-9-7-14-8(5-13)6-15-9/h6-7,10H,1-4H3,(H,15,16). The Morgan fingerprint density at radius 1 is 1.19 bits per heavy atom. The van der Waals surface area contributed by atoms with Crippen LogP contribution in [-0.4, -0.2) is 16.0 Å². The summed E-state index contributed by atoms with van der Waals surface area (Å²) >= 11 is 0. The number of anilines is 1. The van der Waals surface area contributed by atoms with Gasteiger partial charge in [0.25, 0.3) is 0 Å². The first-order valence-corrected chi connectivity index (χ1v) is 5.38. The van der Waals surface area contributed by atoms with Crippen LogP contribution in [0, 0.1) is 22.2 Å². The number of nitriles is 1. The number of rotatable bonds is 2. The van der Waals surface area contributed by atoms with Crippen LogP contribution in [0.1, 0.15) is 33.4 Å². The quantitative estimate of drug-likeness (QED) is 0.823. The zero-order chi connectivity index (χ0) is 12.0. The number of nitrogens with zero attached hydrogens (tertiary/aromatic N) is 3. The van der Waals surface area contributed by atoms with Crippen molar-refractivity contribution in [2.24, 2.45) is 10.8 Å². The lowest BCUT2D eigenvalue weighted by Gasteiger charge is -2.06. The van der Waals surface area contributed by atoms with E-state index in [1.54, 1.807) is 6.20 Å². The zero-order valence-corrected chi connectivity index (χ0v) is 10.1. The molecule has 0 amide bonds. The van der Waals surface area contributed by atoms with E-state index in [9.17, 15) is 0 Å². The molecule has 0 aromatic carbocycles. The smallest absolute Gasteiger partial charge is 0.158 e. The van der Waals surface area contributed by atoms with Crippen LogP contribution in [-0.2, 0) is 0 Å². The van der Waals surface area contributed by atoms with Crippen molar-refractivity contribution in [3.8, 4) is 6.07 Å². The maximum Gasteiger partial charge on any atom is 0.158 e. The lowest BCUT2D eigenvalue weighted by molar-refractivity contribution is 0.457. The minimum atomic E-state index is 0.266. The Balaban J connectivity index is 2.10. The van der Waals surface area contributed by atoms with E-state index in [1.165, 1.54) is 6.20 Å². The van der Waals surface area contributed by atoms with Crippen molar-refractivity contribution in [3.05, 3.63) is 18.1 Å². The highest BCUT2D eigenvalue weighted by Gasteiger charge is 2.65. The van der Waals surface area contributed by atoms with Gasteiger partial charge in [-0.2, -0.15) is 5.26 Å². The summed E-state index contributed by atoms with van der Waals surface area (Å²) in [5.74, 6) is 0.739.